The van der Waals surface area contributed by atoms with Gasteiger partial charge in [-0.3, -0.25) is 0 Å². The molecule has 0 fully saturated rings. The number of allylic oxidation sites excluding steroid dienone is 9. The van der Waals surface area contributed by atoms with Crippen LogP contribution < -0.4 is 0 Å². The monoisotopic (exact) mass is 366 g/mol. The molecule has 0 saturated carbocycles. The van der Waals surface area contributed by atoms with Crippen molar-refractivity contribution in [3.63, 3.8) is 0 Å². The molecule has 1 rings (SSSR count). The van der Waals surface area contributed by atoms with Gasteiger partial charge in [0.05, 0.1) is 0 Å². The van der Waals surface area contributed by atoms with Crippen LogP contribution in [0.2, 0.25) is 0 Å². The number of rotatable bonds is 4. The maximum absolute atomic E-state index is 3.75. The highest BCUT2D eigenvalue weighted by atomic mass is 31.0. The van der Waals surface area contributed by atoms with Gasteiger partial charge in [0, 0.05) is 5.41 Å². The molecule has 0 nitrogen and oxygen atoms in total. The van der Waals surface area contributed by atoms with Crippen LogP contribution in [0.1, 0.15) is 82.6 Å². The second-order valence-electron chi connectivity index (χ2n) is 5.11. The summed E-state index contributed by atoms with van der Waals surface area (Å²) in [6.45, 7) is 28.9. The molecule has 0 aromatic rings. The smallest absolute Gasteiger partial charge is 0.00769 e. The Balaban J connectivity index is -0.000000241. The first-order chi connectivity index (χ1) is 12.0. The zero-order chi connectivity index (χ0) is 21.1. The third kappa shape index (κ3) is 10.7. The Bertz CT molecular complexity index is 429. The summed E-state index contributed by atoms with van der Waals surface area (Å²) in [4.78, 5) is 0. The van der Waals surface area contributed by atoms with Crippen molar-refractivity contribution in [3.05, 3.63) is 59.3 Å². The zero-order valence-corrected chi connectivity index (χ0v) is 20.5. The molecular formula is C24H47P. The topological polar surface area (TPSA) is 0 Å². The average molecular weight is 367 g/mol. The van der Waals surface area contributed by atoms with Crippen LogP contribution in [0.15, 0.2) is 59.3 Å². The minimum atomic E-state index is 0.175. The van der Waals surface area contributed by atoms with Crippen molar-refractivity contribution in [1.82, 2.24) is 0 Å². The minimum Gasteiger partial charge on any atom is -0.141 e. The molecule has 0 aliphatic heterocycles. The fourth-order valence-corrected chi connectivity index (χ4v) is 2.19. The van der Waals surface area contributed by atoms with Crippen LogP contribution in [-0.4, -0.2) is 6.66 Å². The molecule has 148 valence electrons. The largest absolute Gasteiger partial charge is 0.141 e. The van der Waals surface area contributed by atoms with E-state index in [-0.39, 0.29) is 5.41 Å². The Morgan fingerprint density at radius 1 is 0.840 bits per heavy atom. The Morgan fingerprint density at radius 3 is 1.52 bits per heavy atom. The lowest BCUT2D eigenvalue weighted by Gasteiger charge is -2.22. The maximum Gasteiger partial charge on any atom is 0.00769 e. The van der Waals surface area contributed by atoms with Crippen molar-refractivity contribution in [2.45, 2.75) is 82.6 Å². The van der Waals surface area contributed by atoms with Crippen molar-refractivity contribution in [1.29, 1.82) is 0 Å². The van der Waals surface area contributed by atoms with Gasteiger partial charge in [-0.05, 0) is 31.4 Å². The van der Waals surface area contributed by atoms with Crippen LogP contribution in [0, 0.1) is 5.41 Å². The van der Waals surface area contributed by atoms with E-state index in [4.69, 9.17) is 0 Å². The predicted molar refractivity (Wildman–Crippen MR) is 128 cm³/mol. The van der Waals surface area contributed by atoms with Crippen LogP contribution in [0.25, 0.3) is 0 Å². The van der Waals surface area contributed by atoms with E-state index in [2.05, 4.69) is 68.7 Å². The molecule has 0 N–H and O–H groups in total. The molecule has 0 aromatic carbocycles. The lowest BCUT2D eigenvalue weighted by atomic mass is 9.82. The highest BCUT2D eigenvalue weighted by molar-refractivity contribution is 7.15. The molecule has 1 unspecified atom stereocenters. The van der Waals surface area contributed by atoms with Crippen LogP contribution in [-0.2, 0) is 0 Å². The summed E-state index contributed by atoms with van der Waals surface area (Å²) in [7, 11) is 2.42. The Labute approximate surface area is 163 Å². The Morgan fingerprint density at radius 2 is 1.20 bits per heavy atom. The van der Waals surface area contributed by atoms with Gasteiger partial charge < -0.3 is 0 Å². The zero-order valence-electron chi connectivity index (χ0n) is 19.4. The first-order valence-corrected chi connectivity index (χ1v) is 11.1. The molecule has 0 radical (unpaired) electrons. The van der Waals surface area contributed by atoms with Gasteiger partial charge in [-0.1, -0.05) is 117 Å². The van der Waals surface area contributed by atoms with Gasteiger partial charge >= 0.3 is 0 Å². The molecule has 0 aromatic heterocycles. The van der Waals surface area contributed by atoms with Crippen LogP contribution in [0.3, 0.4) is 0 Å². The summed E-state index contributed by atoms with van der Waals surface area (Å²) < 4.78 is 0. The molecule has 0 heterocycles. The van der Waals surface area contributed by atoms with Crippen molar-refractivity contribution in [3.8, 4) is 0 Å². The van der Waals surface area contributed by atoms with E-state index in [1.807, 2.05) is 60.4 Å². The fourth-order valence-electron chi connectivity index (χ4n) is 2.19. The van der Waals surface area contributed by atoms with Gasteiger partial charge in [-0.15, -0.1) is 9.24 Å². The van der Waals surface area contributed by atoms with Crippen molar-refractivity contribution >= 4 is 9.24 Å². The molecule has 1 atom stereocenters. The molecule has 25 heavy (non-hydrogen) atoms. The number of hydrogen-bond acceptors (Lipinski definition) is 0. The van der Waals surface area contributed by atoms with Gasteiger partial charge in [0.1, 0.15) is 0 Å². The quantitative estimate of drug-likeness (QED) is 0.344. The minimum absolute atomic E-state index is 0.175. The van der Waals surface area contributed by atoms with Crippen LogP contribution in [0.5, 0.6) is 0 Å². The van der Waals surface area contributed by atoms with E-state index in [0.29, 0.717) is 0 Å². The Kier molecular flexibility index (Phi) is 27.0. The summed E-state index contributed by atoms with van der Waals surface area (Å²) >= 11 is 0. The van der Waals surface area contributed by atoms with E-state index in [9.17, 15) is 0 Å². The third-order valence-corrected chi connectivity index (χ3v) is 3.89. The lowest BCUT2D eigenvalue weighted by Crippen LogP contribution is -2.11. The first-order valence-electron chi connectivity index (χ1n) is 9.93. The maximum atomic E-state index is 3.75. The van der Waals surface area contributed by atoms with E-state index in [1.54, 1.807) is 0 Å². The summed E-state index contributed by atoms with van der Waals surface area (Å²) in [6, 6.07) is 0. The standard InChI is InChI=1S/C17H24.3C2H6.CH5P/c1-7-9-11-15-13(3)17(5,6)14(4)16(15)12-10-8-2;4*1-2/h7,9-12H,1,8H2,2-6H3;3*1-2H3;2H2,1H3/b11-9-,12-10-;;;;. The van der Waals surface area contributed by atoms with E-state index >= 15 is 0 Å². The van der Waals surface area contributed by atoms with Crippen molar-refractivity contribution in [2.75, 3.05) is 6.66 Å². The molecular weight excluding hydrogens is 319 g/mol. The molecule has 1 aliphatic carbocycles. The first kappa shape index (κ1) is 31.9. The lowest BCUT2D eigenvalue weighted by molar-refractivity contribution is 0.548. The van der Waals surface area contributed by atoms with Gasteiger partial charge in [0.2, 0.25) is 0 Å². The van der Waals surface area contributed by atoms with Gasteiger partial charge in [0.15, 0.2) is 0 Å². The van der Waals surface area contributed by atoms with E-state index in [0.717, 1.165) is 6.42 Å². The molecule has 1 aliphatic rings. The predicted octanol–water partition coefficient (Wildman–Crippen LogP) is 8.94. The van der Waals surface area contributed by atoms with Crippen LogP contribution in [0.4, 0.5) is 0 Å². The summed E-state index contributed by atoms with van der Waals surface area (Å²) in [5.41, 5.74) is 5.82. The third-order valence-electron chi connectivity index (χ3n) is 3.89. The highest BCUT2D eigenvalue weighted by Crippen LogP contribution is 2.47. The molecule has 1 heteroatoms. The molecule has 0 saturated heterocycles. The summed E-state index contributed by atoms with van der Waals surface area (Å²) in [5.74, 6) is 0. The average Bonchev–Trinajstić information content (AvgIpc) is 2.84. The van der Waals surface area contributed by atoms with Gasteiger partial charge in [0.25, 0.3) is 0 Å². The van der Waals surface area contributed by atoms with Crippen molar-refractivity contribution in [2.24, 2.45) is 5.41 Å². The van der Waals surface area contributed by atoms with Gasteiger partial charge in [-0.2, -0.15) is 0 Å². The van der Waals surface area contributed by atoms with Gasteiger partial charge in [-0.25, -0.2) is 0 Å². The van der Waals surface area contributed by atoms with E-state index < -0.39 is 0 Å². The fraction of sp³-hybridized carbons (Fsp3) is 0.583. The second kappa shape index (κ2) is 21.2. The molecule has 0 spiro atoms. The highest BCUT2D eigenvalue weighted by Gasteiger charge is 2.32. The Hall–Kier alpha value is -0.870. The van der Waals surface area contributed by atoms with Crippen LogP contribution >= 0.6 is 9.24 Å². The number of hydrogen-bond donors (Lipinski definition) is 0. The SMILES string of the molecule is C=C/C=C\C1=C(C)C(C)(C)C(C)=C1/C=C\CC.CC.CC.CC.CP. The summed E-state index contributed by atoms with van der Waals surface area (Å²) in [5, 5.41) is 0. The molecule has 0 bridgehead atoms. The van der Waals surface area contributed by atoms with Crippen molar-refractivity contribution < 1.29 is 0 Å². The second-order valence-corrected chi connectivity index (χ2v) is 5.11. The van der Waals surface area contributed by atoms with E-state index in [1.165, 1.54) is 22.3 Å². The summed E-state index contributed by atoms with van der Waals surface area (Å²) in [6.07, 6.45) is 11.6. The molecule has 0 amide bonds. The normalized spacial score (nSPS) is 14.6.